The zero-order valence-electron chi connectivity index (χ0n) is 12.3. The summed E-state index contributed by atoms with van der Waals surface area (Å²) in [6.45, 7) is 5.58. The smallest absolute Gasteiger partial charge is 0.325 e. The van der Waals surface area contributed by atoms with Crippen molar-refractivity contribution in [3.63, 3.8) is 0 Å². The number of carboxylic acids is 1. The SMILES string of the molecule is CC1=CCN(S(=O)(=O)c2c(C)nn(CC(=O)O)c2C)CC1. The van der Waals surface area contributed by atoms with E-state index in [1.54, 1.807) is 13.8 Å². The second-order valence-electron chi connectivity index (χ2n) is 5.21. The lowest BCUT2D eigenvalue weighted by Gasteiger charge is -2.24. The largest absolute Gasteiger partial charge is 0.480 e. The number of carboxylic acid groups (broad SMARTS) is 1. The van der Waals surface area contributed by atoms with Gasteiger partial charge in [0, 0.05) is 13.1 Å². The van der Waals surface area contributed by atoms with Gasteiger partial charge in [0.1, 0.15) is 11.4 Å². The van der Waals surface area contributed by atoms with Crippen molar-refractivity contribution in [3.05, 3.63) is 23.0 Å². The highest BCUT2D eigenvalue weighted by atomic mass is 32.2. The van der Waals surface area contributed by atoms with Crippen LogP contribution in [0.2, 0.25) is 0 Å². The molecule has 1 aromatic heterocycles. The maximum absolute atomic E-state index is 12.7. The minimum Gasteiger partial charge on any atom is -0.480 e. The number of hydrogen-bond donors (Lipinski definition) is 1. The summed E-state index contributed by atoms with van der Waals surface area (Å²) >= 11 is 0. The molecule has 0 atom stereocenters. The van der Waals surface area contributed by atoms with Crippen LogP contribution in [0.4, 0.5) is 0 Å². The lowest BCUT2D eigenvalue weighted by Crippen LogP contribution is -2.35. The summed E-state index contributed by atoms with van der Waals surface area (Å²) in [6.07, 6.45) is 2.61. The molecule has 1 aromatic rings. The monoisotopic (exact) mass is 313 g/mol. The topological polar surface area (TPSA) is 92.5 Å². The van der Waals surface area contributed by atoms with E-state index >= 15 is 0 Å². The molecule has 116 valence electrons. The predicted molar refractivity (Wildman–Crippen MR) is 76.5 cm³/mol. The first kappa shape index (κ1) is 15.7. The molecule has 0 bridgehead atoms. The summed E-state index contributed by atoms with van der Waals surface area (Å²) in [4.78, 5) is 10.9. The second-order valence-corrected chi connectivity index (χ2v) is 7.09. The first-order chi connectivity index (χ1) is 9.73. The van der Waals surface area contributed by atoms with Crippen LogP contribution in [-0.2, 0) is 21.4 Å². The Morgan fingerprint density at radius 3 is 2.57 bits per heavy atom. The average Bonchev–Trinajstić information content (AvgIpc) is 2.64. The number of nitrogens with zero attached hydrogens (tertiary/aromatic N) is 3. The van der Waals surface area contributed by atoms with Crippen LogP contribution in [-0.4, -0.2) is 46.7 Å². The summed E-state index contributed by atoms with van der Waals surface area (Å²) in [7, 11) is -3.65. The van der Waals surface area contributed by atoms with E-state index in [1.165, 1.54) is 14.6 Å². The lowest BCUT2D eigenvalue weighted by atomic mass is 10.1. The zero-order chi connectivity index (χ0) is 15.8. The first-order valence-corrected chi connectivity index (χ1v) is 8.09. The molecule has 0 radical (unpaired) electrons. The Hall–Kier alpha value is -1.67. The molecular formula is C13H19N3O4S. The molecule has 0 aliphatic carbocycles. The average molecular weight is 313 g/mol. The number of hydrogen-bond acceptors (Lipinski definition) is 4. The van der Waals surface area contributed by atoms with Crippen molar-refractivity contribution in [2.24, 2.45) is 0 Å². The normalized spacial score (nSPS) is 16.8. The van der Waals surface area contributed by atoms with Gasteiger partial charge in [-0.1, -0.05) is 11.6 Å². The van der Waals surface area contributed by atoms with Gasteiger partial charge in [-0.05, 0) is 27.2 Å². The number of rotatable bonds is 4. The van der Waals surface area contributed by atoms with Crippen molar-refractivity contribution in [3.8, 4) is 0 Å². The van der Waals surface area contributed by atoms with Gasteiger partial charge in [-0.2, -0.15) is 9.40 Å². The number of sulfonamides is 1. The Labute approximate surface area is 123 Å². The van der Waals surface area contributed by atoms with Crippen LogP contribution in [0.15, 0.2) is 16.5 Å². The van der Waals surface area contributed by atoms with Gasteiger partial charge in [0.15, 0.2) is 0 Å². The molecule has 8 heteroatoms. The van der Waals surface area contributed by atoms with E-state index in [1.807, 2.05) is 13.0 Å². The van der Waals surface area contributed by atoms with Gasteiger partial charge in [-0.15, -0.1) is 0 Å². The van der Waals surface area contributed by atoms with E-state index in [9.17, 15) is 13.2 Å². The number of carbonyl (C=O) groups is 1. The van der Waals surface area contributed by atoms with Crippen LogP contribution >= 0.6 is 0 Å². The molecule has 0 aromatic carbocycles. The maximum Gasteiger partial charge on any atom is 0.325 e. The molecule has 1 N–H and O–H groups in total. The van der Waals surface area contributed by atoms with Gasteiger partial charge in [0.05, 0.1) is 11.4 Å². The Morgan fingerprint density at radius 2 is 2.05 bits per heavy atom. The fraction of sp³-hybridized carbons (Fsp3) is 0.538. The first-order valence-electron chi connectivity index (χ1n) is 6.65. The van der Waals surface area contributed by atoms with Crippen molar-refractivity contribution in [1.82, 2.24) is 14.1 Å². The molecule has 0 amide bonds. The van der Waals surface area contributed by atoms with E-state index in [4.69, 9.17) is 5.11 Å². The third-order valence-corrected chi connectivity index (χ3v) is 5.72. The molecule has 0 unspecified atom stereocenters. The van der Waals surface area contributed by atoms with E-state index in [-0.39, 0.29) is 11.4 Å². The third kappa shape index (κ3) is 3.01. The van der Waals surface area contributed by atoms with Crippen molar-refractivity contribution < 1.29 is 18.3 Å². The summed E-state index contributed by atoms with van der Waals surface area (Å²) < 4.78 is 28.1. The molecular weight excluding hydrogens is 294 g/mol. The number of aliphatic carboxylic acids is 1. The quantitative estimate of drug-likeness (QED) is 0.835. The molecule has 7 nitrogen and oxygen atoms in total. The van der Waals surface area contributed by atoms with Gasteiger partial charge in [0.2, 0.25) is 10.0 Å². The Kier molecular flexibility index (Phi) is 4.20. The van der Waals surface area contributed by atoms with Crippen molar-refractivity contribution in [2.45, 2.75) is 38.6 Å². The van der Waals surface area contributed by atoms with Crippen LogP contribution in [0.5, 0.6) is 0 Å². The molecule has 0 saturated carbocycles. The number of aromatic nitrogens is 2. The van der Waals surface area contributed by atoms with Crippen molar-refractivity contribution >= 4 is 16.0 Å². The molecule has 0 spiro atoms. The molecule has 2 heterocycles. The van der Waals surface area contributed by atoms with E-state index in [0.29, 0.717) is 30.9 Å². The highest BCUT2D eigenvalue weighted by Crippen LogP contribution is 2.25. The summed E-state index contributed by atoms with van der Waals surface area (Å²) in [6, 6.07) is 0. The third-order valence-electron chi connectivity index (χ3n) is 3.60. The highest BCUT2D eigenvalue weighted by Gasteiger charge is 2.31. The fourth-order valence-corrected chi connectivity index (χ4v) is 4.19. The molecule has 1 aliphatic rings. The number of aryl methyl sites for hydroxylation is 1. The Balaban J connectivity index is 2.41. The molecule has 2 rings (SSSR count). The van der Waals surface area contributed by atoms with Crippen LogP contribution in [0.3, 0.4) is 0 Å². The predicted octanol–water partition coefficient (Wildman–Crippen LogP) is 0.925. The summed E-state index contributed by atoms with van der Waals surface area (Å²) in [5, 5.41) is 12.9. The van der Waals surface area contributed by atoms with Crippen LogP contribution < -0.4 is 0 Å². The molecule has 1 aliphatic heterocycles. The van der Waals surface area contributed by atoms with Crippen molar-refractivity contribution in [1.29, 1.82) is 0 Å². The van der Waals surface area contributed by atoms with E-state index in [2.05, 4.69) is 5.10 Å². The van der Waals surface area contributed by atoms with E-state index < -0.39 is 16.0 Å². The van der Waals surface area contributed by atoms with Crippen LogP contribution in [0.1, 0.15) is 24.7 Å². The minimum atomic E-state index is -3.65. The van der Waals surface area contributed by atoms with Gasteiger partial charge in [-0.25, -0.2) is 8.42 Å². The van der Waals surface area contributed by atoms with Crippen LogP contribution in [0.25, 0.3) is 0 Å². The summed E-state index contributed by atoms with van der Waals surface area (Å²) in [5.41, 5.74) is 1.87. The standard InChI is InChI=1S/C13H19N3O4S/c1-9-4-6-15(7-5-9)21(19,20)13-10(2)14-16(11(13)3)8-12(17)18/h4H,5-8H2,1-3H3,(H,17,18). The van der Waals surface area contributed by atoms with Gasteiger partial charge >= 0.3 is 5.97 Å². The van der Waals surface area contributed by atoms with Crippen molar-refractivity contribution in [2.75, 3.05) is 13.1 Å². The Bertz CT molecular complexity index is 703. The lowest BCUT2D eigenvalue weighted by molar-refractivity contribution is -0.137. The fourth-order valence-electron chi connectivity index (χ4n) is 2.44. The Morgan fingerprint density at radius 1 is 1.38 bits per heavy atom. The highest BCUT2D eigenvalue weighted by molar-refractivity contribution is 7.89. The summed E-state index contributed by atoms with van der Waals surface area (Å²) in [5.74, 6) is -1.05. The van der Waals surface area contributed by atoms with E-state index in [0.717, 1.165) is 0 Å². The van der Waals surface area contributed by atoms with Crippen LogP contribution in [0, 0.1) is 13.8 Å². The van der Waals surface area contributed by atoms with Gasteiger partial charge < -0.3 is 5.11 Å². The molecule has 21 heavy (non-hydrogen) atoms. The minimum absolute atomic E-state index is 0.122. The maximum atomic E-state index is 12.7. The van der Waals surface area contributed by atoms with Gasteiger partial charge in [0.25, 0.3) is 0 Å². The zero-order valence-corrected chi connectivity index (χ0v) is 13.1. The molecule has 0 saturated heterocycles. The second kappa shape index (κ2) is 5.61. The van der Waals surface area contributed by atoms with Gasteiger partial charge in [-0.3, -0.25) is 9.48 Å². The molecule has 0 fully saturated rings.